The van der Waals surface area contributed by atoms with Gasteiger partial charge in [0.05, 0.1) is 18.3 Å². The highest BCUT2D eigenvalue weighted by Gasteiger charge is 2.34. The number of carbonyl (C=O) groups excluding carboxylic acids is 1. The van der Waals surface area contributed by atoms with Gasteiger partial charge in [-0.05, 0) is 77.4 Å². The number of ether oxygens (including phenoxy) is 2. The SMILES string of the molecule is CC(=O)O[C@H]1CC/C(C)=C/[C@@H]2OCC(C)=C2CC/C(C)=C/CC[C@@]1(C)O. The summed E-state index contributed by atoms with van der Waals surface area (Å²) < 4.78 is 11.4. The van der Waals surface area contributed by atoms with Crippen molar-refractivity contribution >= 4 is 5.97 Å². The van der Waals surface area contributed by atoms with E-state index in [1.54, 1.807) is 6.92 Å². The Morgan fingerprint density at radius 1 is 1.23 bits per heavy atom. The summed E-state index contributed by atoms with van der Waals surface area (Å²) in [4.78, 5) is 11.5. The van der Waals surface area contributed by atoms with Crippen molar-refractivity contribution < 1.29 is 19.4 Å². The van der Waals surface area contributed by atoms with Crippen molar-refractivity contribution in [3.63, 3.8) is 0 Å². The van der Waals surface area contributed by atoms with E-state index in [9.17, 15) is 9.90 Å². The topological polar surface area (TPSA) is 55.8 Å². The van der Waals surface area contributed by atoms with Gasteiger partial charge in [-0.3, -0.25) is 4.79 Å². The highest BCUT2D eigenvalue weighted by Crippen LogP contribution is 2.31. The Bertz CT molecular complexity index is 610. The first-order chi connectivity index (χ1) is 12.2. The molecule has 0 fully saturated rings. The van der Waals surface area contributed by atoms with Crippen LogP contribution in [0.15, 0.2) is 34.4 Å². The summed E-state index contributed by atoms with van der Waals surface area (Å²) in [6.07, 6.45) is 8.73. The van der Waals surface area contributed by atoms with Crippen molar-refractivity contribution in [3.05, 3.63) is 34.4 Å². The fourth-order valence-electron chi connectivity index (χ4n) is 3.76. The molecule has 4 nitrogen and oxygen atoms in total. The summed E-state index contributed by atoms with van der Waals surface area (Å²) in [7, 11) is 0. The lowest BCUT2D eigenvalue weighted by molar-refractivity contribution is -0.162. The summed E-state index contributed by atoms with van der Waals surface area (Å²) in [5.41, 5.74) is 4.25. The third-order valence-corrected chi connectivity index (χ3v) is 5.54. The van der Waals surface area contributed by atoms with E-state index in [0.29, 0.717) is 19.4 Å². The van der Waals surface area contributed by atoms with E-state index >= 15 is 0 Å². The van der Waals surface area contributed by atoms with E-state index in [-0.39, 0.29) is 12.1 Å². The zero-order valence-electron chi connectivity index (χ0n) is 16.9. The molecule has 146 valence electrons. The van der Waals surface area contributed by atoms with Crippen molar-refractivity contribution in [2.24, 2.45) is 0 Å². The van der Waals surface area contributed by atoms with Crippen LogP contribution in [0.2, 0.25) is 0 Å². The molecule has 0 aromatic heterocycles. The predicted octanol–water partition coefficient (Wildman–Crippen LogP) is 4.63. The van der Waals surface area contributed by atoms with Crippen LogP contribution in [-0.4, -0.2) is 35.5 Å². The van der Waals surface area contributed by atoms with Gasteiger partial charge in [0.15, 0.2) is 0 Å². The van der Waals surface area contributed by atoms with Gasteiger partial charge in [0.1, 0.15) is 6.10 Å². The van der Waals surface area contributed by atoms with Crippen LogP contribution in [0.5, 0.6) is 0 Å². The van der Waals surface area contributed by atoms with Gasteiger partial charge < -0.3 is 14.6 Å². The quantitative estimate of drug-likeness (QED) is 0.546. The van der Waals surface area contributed by atoms with Crippen molar-refractivity contribution in [2.45, 2.75) is 91.0 Å². The highest BCUT2D eigenvalue weighted by atomic mass is 16.6. The lowest BCUT2D eigenvalue weighted by atomic mass is 9.87. The van der Waals surface area contributed by atoms with E-state index in [4.69, 9.17) is 9.47 Å². The molecular formula is C22H34O4. The molecule has 0 amide bonds. The van der Waals surface area contributed by atoms with Crippen molar-refractivity contribution in [2.75, 3.05) is 6.61 Å². The molecule has 0 bridgehead atoms. The zero-order valence-corrected chi connectivity index (χ0v) is 16.9. The molecule has 0 unspecified atom stereocenters. The molecule has 0 aromatic carbocycles. The molecule has 1 N–H and O–H groups in total. The summed E-state index contributed by atoms with van der Waals surface area (Å²) in [5, 5.41) is 10.9. The molecule has 3 atom stereocenters. The zero-order chi connectivity index (χ0) is 19.3. The van der Waals surface area contributed by atoms with Crippen LogP contribution in [0.1, 0.15) is 73.1 Å². The molecule has 0 spiro atoms. The largest absolute Gasteiger partial charge is 0.459 e. The third kappa shape index (κ3) is 5.82. The summed E-state index contributed by atoms with van der Waals surface area (Å²) >= 11 is 0. The maximum Gasteiger partial charge on any atom is 0.303 e. The van der Waals surface area contributed by atoms with Crippen LogP contribution >= 0.6 is 0 Å². The third-order valence-electron chi connectivity index (χ3n) is 5.54. The smallest absolute Gasteiger partial charge is 0.303 e. The Hall–Kier alpha value is -1.39. The summed E-state index contributed by atoms with van der Waals surface area (Å²) in [5.74, 6) is -0.343. The lowest BCUT2D eigenvalue weighted by Crippen LogP contribution is -2.42. The molecular weight excluding hydrogens is 328 g/mol. The molecule has 0 radical (unpaired) electrons. The van der Waals surface area contributed by atoms with Gasteiger partial charge in [-0.25, -0.2) is 0 Å². The average molecular weight is 363 g/mol. The first-order valence-corrected chi connectivity index (χ1v) is 9.71. The minimum Gasteiger partial charge on any atom is -0.459 e. The second-order valence-electron chi connectivity index (χ2n) is 8.13. The number of allylic oxidation sites excluding steroid dienone is 3. The van der Waals surface area contributed by atoms with Crippen molar-refractivity contribution in [1.29, 1.82) is 0 Å². The van der Waals surface area contributed by atoms with E-state index in [1.807, 2.05) is 0 Å². The summed E-state index contributed by atoms with van der Waals surface area (Å²) in [6.45, 7) is 10.3. The number of hydrogen-bond donors (Lipinski definition) is 1. The first-order valence-electron chi connectivity index (χ1n) is 9.71. The van der Waals surface area contributed by atoms with Gasteiger partial charge in [-0.1, -0.05) is 23.3 Å². The maximum absolute atomic E-state index is 11.5. The van der Waals surface area contributed by atoms with Gasteiger partial charge in [0.25, 0.3) is 0 Å². The van der Waals surface area contributed by atoms with Crippen LogP contribution in [0.25, 0.3) is 0 Å². The number of esters is 1. The first kappa shape index (κ1) is 20.9. The molecule has 0 aromatic rings. The molecule has 1 heterocycles. The molecule has 26 heavy (non-hydrogen) atoms. The van der Waals surface area contributed by atoms with Crippen LogP contribution in [-0.2, 0) is 14.3 Å². The lowest BCUT2D eigenvalue weighted by Gasteiger charge is -2.32. The Morgan fingerprint density at radius 3 is 2.65 bits per heavy atom. The summed E-state index contributed by atoms with van der Waals surface area (Å²) in [6, 6.07) is 0. The minimum atomic E-state index is -1.03. The Morgan fingerprint density at radius 2 is 1.96 bits per heavy atom. The highest BCUT2D eigenvalue weighted by molar-refractivity contribution is 5.66. The molecule has 1 aliphatic heterocycles. The Kier molecular flexibility index (Phi) is 7.24. The van der Waals surface area contributed by atoms with Crippen molar-refractivity contribution in [3.8, 4) is 0 Å². The molecule has 1 aliphatic carbocycles. The molecule has 4 heteroatoms. The van der Waals surface area contributed by atoms with E-state index in [2.05, 4.69) is 32.9 Å². The minimum absolute atomic E-state index is 0.0541. The number of aliphatic hydroxyl groups is 1. The van der Waals surface area contributed by atoms with Crippen LogP contribution in [0, 0.1) is 0 Å². The van der Waals surface area contributed by atoms with E-state index in [0.717, 1.165) is 25.7 Å². The van der Waals surface area contributed by atoms with Crippen molar-refractivity contribution in [1.82, 2.24) is 0 Å². The van der Waals surface area contributed by atoms with Gasteiger partial charge in [0.2, 0.25) is 0 Å². The van der Waals surface area contributed by atoms with Gasteiger partial charge in [-0.15, -0.1) is 0 Å². The standard InChI is InChI=1S/C22H34O4/c1-15-7-6-12-22(5,24)21(26-18(4)23)11-9-16(2)13-20-19(10-8-15)17(3)14-25-20/h7,13,20-21,24H,6,8-12,14H2,1-5H3/b15-7+,16-13+/t20-,21-,22+/m0/s1. The predicted molar refractivity (Wildman–Crippen MR) is 104 cm³/mol. The fourth-order valence-corrected chi connectivity index (χ4v) is 3.76. The molecule has 0 saturated carbocycles. The average Bonchev–Trinajstić information content (AvgIpc) is 2.88. The van der Waals surface area contributed by atoms with E-state index < -0.39 is 11.7 Å². The number of hydrogen-bond acceptors (Lipinski definition) is 4. The second kappa shape index (κ2) is 9.01. The maximum atomic E-state index is 11.5. The normalized spacial score (nSPS) is 35.6. The van der Waals surface area contributed by atoms with E-state index in [1.165, 1.54) is 29.2 Å². The van der Waals surface area contributed by atoms with Crippen LogP contribution in [0.4, 0.5) is 0 Å². The van der Waals surface area contributed by atoms with Gasteiger partial charge >= 0.3 is 5.97 Å². The number of carbonyl (C=O) groups is 1. The molecule has 2 aliphatic rings. The van der Waals surface area contributed by atoms with Gasteiger partial charge in [0, 0.05) is 6.92 Å². The Balaban J connectivity index is 2.25. The Labute approximate surface area is 158 Å². The number of fused-ring (bicyclic) bond motifs is 1. The second-order valence-corrected chi connectivity index (χ2v) is 8.13. The number of rotatable bonds is 1. The molecule has 2 rings (SSSR count). The monoisotopic (exact) mass is 362 g/mol. The van der Waals surface area contributed by atoms with Crippen LogP contribution < -0.4 is 0 Å². The fraction of sp³-hybridized carbons (Fsp3) is 0.682. The van der Waals surface area contributed by atoms with Crippen LogP contribution in [0.3, 0.4) is 0 Å². The molecule has 0 saturated heterocycles. The van der Waals surface area contributed by atoms with Gasteiger partial charge in [-0.2, -0.15) is 0 Å².